The number of carbonyl (C=O) groups excluding carboxylic acids is 1. The quantitative estimate of drug-likeness (QED) is 0.503. The van der Waals surface area contributed by atoms with Crippen LogP contribution in [0, 0.1) is 13.8 Å². The van der Waals surface area contributed by atoms with Gasteiger partial charge >= 0.3 is 0 Å². The number of rotatable bonds is 5. The average molecular weight is 293 g/mol. The first-order chi connectivity index (χ1) is 9.51. The van der Waals surface area contributed by atoms with E-state index in [0.717, 1.165) is 29.3 Å². The van der Waals surface area contributed by atoms with Crippen molar-refractivity contribution < 1.29 is 9.21 Å². The van der Waals surface area contributed by atoms with E-state index in [1.54, 1.807) is 6.26 Å². The molecule has 0 saturated carbocycles. The van der Waals surface area contributed by atoms with E-state index in [4.69, 9.17) is 10.3 Å². The third-order valence-electron chi connectivity index (χ3n) is 3.22. The lowest BCUT2D eigenvalue weighted by atomic mass is 10.2. The number of nitrogen functional groups attached to an aromatic ring is 1. The van der Waals surface area contributed by atoms with Crippen LogP contribution >= 0.6 is 11.3 Å². The maximum Gasteiger partial charge on any atom is 0.275 e. The van der Waals surface area contributed by atoms with Gasteiger partial charge in [0.1, 0.15) is 5.76 Å². The summed E-state index contributed by atoms with van der Waals surface area (Å²) in [7, 11) is 2.05. The number of hydrazine groups is 1. The predicted molar refractivity (Wildman–Crippen MR) is 79.3 cm³/mol. The smallest absolute Gasteiger partial charge is 0.275 e. The van der Waals surface area contributed by atoms with Crippen molar-refractivity contribution in [2.75, 3.05) is 7.05 Å². The van der Waals surface area contributed by atoms with Crippen LogP contribution in [-0.2, 0) is 13.1 Å². The van der Waals surface area contributed by atoms with Gasteiger partial charge in [0.2, 0.25) is 0 Å². The van der Waals surface area contributed by atoms with Gasteiger partial charge in [-0.05, 0) is 38.6 Å². The SMILES string of the molecule is Cc1occc1CN(C)Cc1cc(C(=O)NN)sc1C. The average Bonchev–Trinajstić information content (AvgIpc) is 2.96. The summed E-state index contributed by atoms with van der Waals surface area (Å²) >= 11 is 1.46. The lowest BCUT2D eigenvalue weighted by molar-refractivity contribution is 0.0957. The lowest BCUT2D eigenvalue weighted by Gasteiger charge is -2.15. The molecule has 2 aromatic heterocycles. The van der Waals surface area contributed by atoms with Crippen molar-refractivity contribution in [1.82, 2.24) is 10.3 Å². The Kier molecular flexibility index (Phi) is 4.59. The Morgan fingerprint density at radius 1 is 1.40 bits per heavy atom. The monoisotopic (exact) mass is 293 g/mol. The van der Waals surface area contributed by atoms with E-state index in [2.05, 4.69) is 10.3 Å². The van der Waals surface area contributed by atoms with Crippen LogP contribution in [0.2, 0.25) is 0 Å². The van der Waals surface area contributed by atoms with Crippen LogP contribution in [0.4, 0.5) is 0 Å². The van der Waals surface area contributed by atoms with Gasteiger partial charge in [-0.15, -0.1) is 11.3 Å². The highest BCUT2D eigenvalue weighted by Crippen LogP contribution is 2.23. The lowest BCUT2D eigenvalue weighted by Crippen LogP contribution is -2.29. The number of amides is 1. The summed E-state index contributed by atoms with van der Waals surface area (Å²) in [6.45, 7) is 5.58. The Balaban J connectivity index is 2.04. The number of thiophene rings is 1. The minimum absolute atomic E-state index is 0.238. The third kappa shape index (κ3) is 3.27. The first-order valence-electron chi connectivity index (χ1n) is 6.33. The Bertz CT molecular complexity index is 603. The highest BCUT2D eigenvalue weighted by Gasteiger charge is 2.13. The number of hydrogen-bond donors (Lipinski definition) is 2. The highest BCUT2D eigenvalue weighted by molar-refractivity contribution is 7.14. The van der Waals surface area contributed by atoms with Gasteiger partial charge in [-0.3, -0.25) is 15.1 Å². The third-order valence-corrected chi connectivity index (χ3v) is 4.31. The van der Waals surface area contributed by atoms with Crippen molar-refractivity contribution in [3.8, 4) is 0 Å². The summed E-state index contributed by atoms with van der Waals surface area (Å²) in [5.41, 5.74) is 4.50. The number of nitrogens with zero attached hydrogens (tertiary/aromatic N) is 1. The molecule has 0 unspecified atom stereocenters. The van der Waals surface area contributed by atoms with E-state index in [0.29, 0.717) is 4.88 Å². The maximum atomic E-state index is 11.5. The van der Waals surface area contributed by atoms with Crippen LogP contribution in [0.3, 0.4) is 0 Å². The number of carbonyl (C=O) groups is 1. The van der Waals surface area contributed by atoms with Crippen LogP contribution in [0.25, 0.3) is 0 Å². The van der Waals surface area contributed by atoms with Gasteiger partial charge < -0.3 is 4.42 Å². The Hall–Kier alpha value is -1.63. The fourth-order valence-corrected chi connectivity index (χ4v) is 3.01. The molecule has 0 bridgehead atoms. The zero-order valence-electron chi connectivity index (χ0n) is 11.9. The van der Waals surface area contributed by atoms with Crippen LogP contribution < -0.4 is 11.3 Å². The minimum Gasteiger partial charge on any atom is -0.469 e. The molecule has 0 aliphatic carbocycles. The largest absolute Gasteiger partial charge is 0.469 e. The molecule has 3 N–H and O–H groups in total. The summed E-state index contributed by atoms with van der Waals surface area (Å²) in [6.07, 6.45) is 1.71. The second-order valence-electron chi connectivity index (χ2n) is 4.84. The van der Waals surface area contributed by atoms with Crippen LogP contribution in [0.1, 0.15) is 31.4 Å². The van der Waals surface area contributed by atoms with E-state index in [1.165, 1.54) is 16.9 Å². The summed E-state index contributed by atoms with van der Waals surface area (Å²) in [4.78, 5) is 15.5. The zero-order chi connectivity index (χ0) is 14.7. The summed E-state index contributed by atoms with van der Waals surface area (Å²) in [5, 5.41) is 0. The number of nitrogens with one attached hydrogen (secondary N) is 1. The van der Waals surface area contributed by atoms with Crippen molar-refractivity contribution in [3.63, 3.8) is 0 Å². The summed E-state index contributed by atoms with van der Waals surface area (Å²) in [5.74, 6) is 5.87. The normalized spacial score (nSPS) is 11.1. The van der Waals surface area contributed by atoms with Crippen molar-refractivity contribution >= 4 is 17.2 Å². The first kappa shape index (κ1) is 14.8. The van der Waals surface area contributed by atoms with Crippen LogP contribution in [0.15, 0.2) is 22.8 Å². The Morgan fingerprint density at radius 3 is 2.70 bits per heavy atom. The molecule has 2 rings (SSSR count). The molecule has 5 nitrogen and oxygen atoms in total. The van der Waals surface area contributed by atoms with Gasteiger partial charge in [-0.1, -0.05) is 0 Å². The Labute approximate surface area is 122 Å². The Morgan fingerprint density at radius 2 is 2.10 bits per heavy atom. The fraction of sp³-hybridized carbons (Fsp3) is 0.357. The second-order valence-corrected chi connectivity index (χ2v) is 6.10. The van der Waals surface area contributed by atoms with E-state index in [1.807, 2.05) is 33.0 Å². The number of aryl methyl sites for hydroxylation is 2. The molecule has 20 heavy (non-hydrogen) atoms. The van der Waals surface area contributed by atoms with Crippen LogP contribution in [0.5, 0.6) is 0 Å². The molecular formula is C14H19N3O2S. The minimum atomic E-state index is -0.238. The van der Waals surface area contributed by atoms with Crippen LogP contribution in [-0.4, -0.2) is 17.9 Å². The second kappa shape index (κ2) is 6.21. The highest BCUT2D eigenvalue weighted by atomic mass is 32.1. The molecular weight excluding hydrogens is 274 g/mol. The molecule has 0 radical (unpaired) electrons. The zero-order valence-corrected chi connectivity index (χ0v) is 12.7. The van der Waals surface area contributed by atoms with E-state index >= 15 is 0 Å². The molecule has 0 spiro atoms. The predicted octanol–water partition coefficient (Wildman–Crippen LogP) is 2.19. The molecule has 1 amide bonds. The van der Waals surface area contributed by atoms with Crippen molar-refractivity contribution in [2.45, 2.75) is 26.9 Å². The number of furan rings is 1. The number of hydrogen-bond acceptors (Lipinski definition) is 5. The molecule has 0 aliphatic heterocycles. The summed E-state index contributed by atoms with van der Waals surface area (Å²) in [6, 6.07) is 3.89. The molecule has 0 fully saturated rings. The van der Waals surface area contributed by atoms with Gasteiger partial charge in [-0.2, -0.15) is 0 Å². The van der Waals surface area contributed by atoms with Gasteiger partial charge in [0.15, 0.2) is 0 Å². The molecule has 2 aromatic rings. The maximum absolute atomic E-state index is 11.5. The molecule has 0 atom stereocenters. The van der Waals surface area contributed by atoms with E-state index < -0.39 is 0 Å². The molecule has 0 saturated heterocycles. The summed E-state index contributed by atoms with van der Waals surface area (Å²) < 4.78 is 5.30. The van der Waals surface area contributed by atoms with Crippen molar-refractivity contribution in [1.29, 1.82) is 0 Å². The standard InChI is InChI=1S/C14H19N3O2S/c1-9-11(4-5-19-9)7-17(3)8-12-6-13(14(18)16-15)20-10(12)2/h4-6H,7-8,15H2,1-3H3,(H,16,18). The molecule has 2 heterocycles. The van der Waals surface area contributed by atoms with Crippen molar-refractivity contribution in [3.05, 3.63) is 45.0 Å². The molecule has 0 aliphatic rings. The van der Waals surface area contributed by atoms with E-state index in [-0.39, 0.29) is 5.91 Å². The molecule has 6 heteroatoms. The van der Waals surface area contributed by atoms with Gasteiger partial charge in [0.05, 0.1) is 11.1 Å². The molecule has 0 aromatic carbocycles. The van der Waals surface area contributed by atoms with Crippen molar-refractivity contribution in [2.24, 2.45) is 5.84 Å². The first-order valence-corrected chi connectivity index (χ1v) is 7.14. The van der Waals surface area contributed by atoms with Gasteiger partial charge in [0.25, 0.3) is 5.91 Å². The van der Waals surface area contributed by atoms with E-state index in [9.17, 15) is 4.79 Å². The molecule has 108 valence electrons. The topological polar surface area (TPSA) is 71.5 Å². The number of nitrogens with two attached hydrogens (primary N) is 1. The van der Waals surface area contributed by atoms with Gasteiger partial charge in [-0.25, -0.2) is 5.84 Å². The fourth-order valence-electron chi connectivity index (χ4n) is 2.07. The van der Waals surface area contributed by atoms with Gasteiger partial charge in [0, 0.05) is 23.5 Å².